The molecule has 9 aliphatic rings. The van der Waals surface area contributed by atoms with E-state index in [9.17, 15) is 69.1 Å². The summed E-state index contributed by atoms with van der Waals surface area (Å²) in [6.07, 6.45) is -18.3. The van der Waals surface area contributed by atoms with E-state index in [0.29, 0.717) is 32.3 Å². The van der Waals surface area contributed by atoms with E-state index in [1.807, 2.05) is 6.92 Å². The minimum absolute atomic E-state index is 0.00790. The molecule has 0 unspecified atom stereocenters. The first-order valence-corrected chi connectivity index (χ1v) is 26.7. The topological polar surface area (TPSA) is 351 Å². The van der Waals surface area contributed by atoms with Gasteiger partial charge in [0.15, 0.2) is 18.9 Å². The van der Waals surface area contributed by atoms with Gasteiger partial charge in [0.2, 0.25) is 0 Å². The normalized spacial score (nSPS) is 57.0. The Bertz CT molecular complexity index is 2080. The summed E-state index contributed by atoms with van der Waals surface area (Å²) in [4.78, 5) is 0. The van der Waals surface area contributed by atoms with Crippen LogP contribution in [-0.4, -0.2) is 212 Å². The highest BCUT2D eigenvalue weighted by Gasteiger charge is 2.79. The van der Waals surface area contributed by atoms with Gasteiger partial charge in [-0.3, -0.25) is 4.55 Å². The second-order valence-electron chi connectivity index (χ2n) is 24.1. The number of allylic oxidation sites excluding steroid dienone is 1. The van der Waals surface area contributed by atoms with Crippen LogP contribution in [0.15, 0.2) is 12.2 Å². The van der Waals surface area contributed by atoms with Crippen molar-refractivity contribution < 1.29 is 106 Å². The van der Waals surface area contributed by atoms with Crippen LogP contribution in [0.4, 0.5) is 0 Å². The SMILES string of the molecule is C[C@@H]1O[C@H](O[C@@H]2CC[C@@]3(C)[C@@H](CC[C@]4(C)[C@@H]3C=C[C@]35OC[C@@]6(CC[C@@](C)(CO)C[C@H]63)[C@@H](O)C[C@]54C)[C@@]2(C)CO)[C@@H](O[C@H]2O[C@@H](CO)[C@H](O)[C@@H](O)[C@@H]2O)[C@H](O[C@H]2O[C@@H](CO)[C@H](OS(=O)(=O)O)[C@@H](O)[C@@H]2O)[C@H]1O. The number of aliphatic hydroxyl groups is 11. The fourth-order valence-electron chi connectivity index (χ4n) is 16.1. The van der Waals surface area contributed by atoms with Crippen LogP contribution in [0.25, 0.3) is 0 Å². The predicted molar refractivity (Wildman–Crippen MR) is 241 cm³/mol. The molecule has 408 valence electrons. The summed E-state index contributed by atoms with van der Waals surface area (Å²) >= 11 is 0. The maximum Gasteiger partial charge on any atom is 0.397 e. The van der Waals surface area contributed by atoms with Gasteiger partial charge in [-0.1, -0.05) is 46.8 Å². The molecule has 22 nitrogen and oxygen atoms in total. The average molecular weight is 1040 g/mol. The maximum absolute atomic E-state index is 12.3. The van der Waals surface area contributed by atoms with E-state index in [1.165, 1.54) is 6.92 Å². The van der Waals surface area contributed by atoms with E-state index >= 15 is 0 Å². The standard InChI is InChI=1S/C48H78O22S/c1-22-30(54)37(68-40-35(59)33(57)36(24(18-50)66-40)70-71(60,61)62)38(69-39-34(58)32(56)31(55)23(17-49)65-39)41(64-22)67-29-9-10-43(3)25(44(29,4)20-52)7-11-45(5)26(43)8-12-48-27-15-42(2,19-51)13-14-47(27,21-63-48)28(53)16-46(45,48)6/h8,12,22-41,49-59H,7,9-11,13-21H2,1-6H3,(H,60,61,62)/t22-,23-,24-,25+,26+,27+,28-,29+,30-,31-,32+,33-,34-,35-,36-,37+,38-,39+,40+,41+,42+,43-,44+,45+,46-,47+,48-/m0/s1. The first kappa shape index (κ1) is 54.7. The Morgan fingerprint density at radius 2 is 1.30 bits per heavy atom. The molecular formula is C48H78O22S. The number of fused-ring (bicyclic) bond motifs is 4. The second-order valence-corrected chi connectivity index (χ2v) is 25.1. The van der Waals surface area contributed by atoms with Crippen molar-refractivity contribution in [1.82, 2.24) is 0 Å². The largest absolute Gasteiger partial charge is 0.397 e. The molecule has 4 aliphatic heterocycles. The van der Waals surface area contributed by atoms with Crippen LogP contribution in [0, 0.1) is 50.2 Å². The van der Waals surface area contributed by atoms with E-state index in [2.05, 4.69) is 44.0 Å². The molecule has 1 spiro atoms. The predicted octanol–water partition coefficient (Wildman–Crippen LogP) is -1.60. The van der Waals surface area contributed by atoms with Gasteiger partial charge in [-0.15, -0.1) is 0 Å². The summed E-state index contributed by atoms with van der Waals surface area (Å²) in [7, 11) is -5.24. The van der Waals surface area contributed by atoms with Crippen LogP contribution >= 0.6 is 0 Å². The molecule has 0 aromatic carbocycles. The van der Waals surface area contributed by atoms with Crippen molar-refractivity contribution in [3.63, 3.8) is 0 Å². The van der Waals surface area contributed by atoms with Crippen molar-refractivity contribution in [2.45, 2.75) is 203 Å². The average Bonchev–Trinajstić information content (AvgIpc) is 3.60. The highest BCUT2D eigenvalue weighted by molar-refractivity contribution is 7.80. The molecule has 0 amide bonds. The zero-order valence-electron chi connectivity index (χ0n) is 41.3. The molecule has 9 rings (SSSR count). The molecule has 2 bridgehead atoms. The van der Waals surface area contributed by atoms with Crippen molar-refractivity contribution >= 4 is 10.4 Å². The summed E-state index contributed by atoms with van der Waals surface area (Å²) in [6.45, 7) is 10.8. The van der Waals surface area contributed by atoms with E-state index in [1.54, 1.807) is 0 Å². The summed E-state index contributed by atoms with van der Waals surface area (Å²) in [5.74, 6) is -0.197. The van der Waals surface area contributed by atoms with Crippen molar-refractivity contribution in [3.05, 3.63) is 12.2 Å². The van der Waals surface area contributed by atoms with Crippen molar-refractivity contribution in [2.75, 3.05) is 33.0 Å². The Balaban J connectivity index is 1.03. The van der Waals surface area contributed by atoms with Gasteiger partial charge < -0.3 is 89.3 Å². The molecule has 27 atom stereocenters. The van der Waals surface area contributed by atoms with Gasteiger partial charge in [0, 0.05) is 28.8 Å². The van der Waals surface area contributed by atoms with Gasteiger partial charge in [-0.2, -0.15) is 8.42 Å². The molecule has 12 N–H and O–H groups in total. The van der Waals surface area contributed by atoms with Gasteiger partial charge in [-0.05, 0) is 86.4 Å². The molecular weight excluding hydrogens is 961 g/mol. The lowest BCUT2D eigenvalue weighted by molar-refractivity contribution is -0.397. The van der Waals surface area contributed by atoms with Crippen LogP contribution in [-0.2, 0) is 47.7 Å². The quantitative estimate of drug-likeness (QED) is 0.0595. The lowest BCUT2D eigenvalue weighted by atomic mass is 9.32. The second kappa shape index (κ2) is 18.8. The zero-order valence-corrected chi connectivity index (χ0v) is 42.1. The van der Waals surface area contributed by atoms with Crippen molar-refractivity contribution in [1.29, 1.82) is 0 Å². The summed E-state index contributed by atoms with van der Waals surface area (Å²) in [6, 6.07) is 0. The number of aliphatic hydroxyl groups excluding tert-OH is 11. The minimum atomic E-state index is -5.24. The third kappa shape index (κ3) is 8.20. The molecule has 0 aromatic rings. The molecule has 8 fully saturated rings. The van der Waals surface area contributed by atoms with Crippen LogP contribution < -0.4 is 0 Å². The van der Waals surface area contributed by atoms with Crippen LogP contribution in [0.2, 0.25) is 0 Å². The Morgan fingerprint density at radius 3 is 1.93 bits per heavy atom. The van der Waals surface area contributed by atoms with Gasteiger partial charge in [0.25, 0.3) is 0 Å². The first-order valence-electron chi connectivity index (χ1n) is 25.3. The molecule has 4 saturated carbocycles. The van der Waals surface area contributed by atoms with Crippen molar-refractivity contribution in [2.24, 2.45) is 50.2 Å². The molecule has 23 heteroatoms. The number of rotatable bonds is 12. The highest BCUT2D eigenvalue weighted by Crippen LogP contribution is 2.79. The molecule has 0 radical (unpaired) electrons. The van der Waals surface area contributed by atoms with Crippen LogP contribution in [0.5, 0.6) is 0 Å². The summed E-state index contributed by atoms with van der Waals surface area (Å²) in [5, 5.41) is 121. The Morgan fingerprint density at radius 1 is 0.648 bits per heavy atom. The smallest absolute Gasteiger partial charge is 0.396 e. The molecule has 4 heterocycles. The lowest BCUT2D eigenvalue weighted by Crippen LogP contribution is -2.73. The van der Waals surface area contributed by atoms with E-state index < -0.39 is 155 Å². The number of hydrogen-bond acceptors (Lipinski definition) is 21. The Hall–Kier alpha value is -1.11. The Kier molecular flexibility index (Phi) is 14.5. The van der Waals surface area contributed by atoms with Gasteiger partial charge >= 0.3 is 10.4 Å². The third-order valence-electron chi connectivity index (χ3n) is 20.5. The molecule has 71 heavy (non-hydrogen) atoms. The fraction of sp³-hybridized carbons (Fsp3) is 0.958. The molecule has 5 aliphatic carbocycles. The van der Waals surface area contributed by atoms with E-state index in [-0.39, 0.29) is 41.8 Å². The van der Waals surface area contributed by atoms with E-state index in [4.69, 9.17) is 33.2 Å². The Labute approximate surface area is 414 Å². The molecule has 4 saturated heterocycles. The first-order chi connectivity index (χ1) is 33.2. The van der Waals surface area contributed by atoms with Crippen LogP contribution in [0.1, 0.15) is 92.9 Å². The minimum Gasteiger partial charge on any atom is -0.396 e. The maximum atomic E-state index is 12.3. The fourth-order valence-corrected chi connectivity index (χ4v) is 16.6. The van der Waals surface area contributed by atoms with Crippen LogP contribution in [0.3, 0.4) is 0 Å². The van der Waals surface area contributed by atoms with Gasteiger partial charge in [0.1, 0.15) is 67.1 Å². The zero-order chi connectivity index (χ0) is 51.8. The molecule has 0 aromatic heterocycles. The number of hydrogen-bond donors (Lipinski definition) is 12. The highest BCUT2D eigenvalue weighted by atomic mass is 32.3. The van der Waals surface area contributed by atoms with Gasteiger partial charge in [-0.25, -0.2) is 4.18 Å². The number of ether oxygens (including phenoxy) is 7. The lowest BCUT2D eigenvalue weighted by Gasteiger charge is -2.73. The monoisotopic (exact) mass is 1040 g/mol. The third-order valence-corrected chi connectivity index (χ3v) is 21.0. The van der Waals surface area contributed by atoms with Crippen molar-refractivity contribution in [3.8, 4) is 0 Å². The summed E-state index contributed by atoms with van der Waals surface area (Å²) in [5.41, 5.74) is -3.63. The van der Waals surface area contributed by atoms with E-state index in [0.717, 1.165) is 25.7 Å². The summed E-state index contributed by atoms with van der Waals surface area (Å²) < 4.78 is 81.3. The van der Waals surface area contributed by atoms with Gasteiger partial charge in [0.05, 0.1) is 50.3 Å².